The third kappa shape index (κ3) is 4.84. The molecule has 1 heterocycles. The van der Waals surface area contributed by atoms with Gasteiger partial charge in [0.1, 0.15) is 5.69 Å². The van der Waals surface area contributed by atoms with Crippen LogP contribution in [0.5, 0.6) is 0 Å². The van der Waals surface area contributed by atoms with Crippen LogP contribution in [0.2, 0.25) is 0 Å². The van der Waals surface area contributed by atoms with E-state index in [4.69, 9.17) is 11.6 Å². The number of fused-ring (bicyclic) bond motifs is 1. The maximum atomic E-state index is 10.4. The first-order valence-corrected chi connectivity index (χ1v) is 6.72. The predicted molar refractivity (Wildman–Crippen MR) is 77.4 cm³/mol. The molecule has 1 aromatic carbocycles. The van der Waals surface area contributed by atoms with Crippen LogP contribution >= 0.6 is 11.6 Å². The lowest BCUT2D eigenvalue weighted by molar-refractivity contribution is 0.111. The van der Waals surface area contributed by atoms with E-state index >= 15 is 0 Å². The van der Waals surface area contributed by atoms with Crippen molar-refractivity contribution in [3.63, 3.8) is 0 Å². The Bertz CT molecular complexity index is 481. The minimum absolute atomic E-state index is 0.480. The monoisotopic (exact) mass is 263 g/mol. The van der Waals surface area contributed by atoms with E-state index in [1.54, 1.807) is 6.07 Å². The highest BCUT2D eigenvalue weighted by Crippen LogP contribution is 2.10. The van der Waals surface area contributed by atoms with E-state index in [-0.39, 0.29) is 0 Å². The van der Waals surface area contributed by atoms with Crippen molar-refractivity contribution in [3.8, 4) is 0 Å². The number of hydrogen-bond donors (Lipinski definition) is 0. The minimum atomic E-state index is 0.480. The summed E-state index contributed by atoms with van der Waals surface area (Å²) in [7, 11) is 0. The van der Waals surface area contributed by atoms with Gasteiger partial charge in [-0.05, 0) is 18.6 Å². The first-order chi connectivity index (χ1) is 8.81. The minimum Gasteiger partial charge on any atom is -0.296 e. The Labute approximate surface area is 113 Å². The van der Waals surface area contributed by atoms with Crippen molar-refractivity contribution in [2.24, 2.45) is 0 Å². The zero-order valence-corrected chi connectivity index (χ0v) is 11.4. The summed E-state index contributed by atoms with van der Waals surface area (Å²) in [5.41, 5.74) is 1.34. The molecule has 0 unspecified atom stereocenters. The molecule has 3 heteroatoms. The van der Waals surface area contributed by atoms with Crippen molar-refractivity contribution < 1.29 is 4.79 Å². The summed E-state index contributed by atoms with van der Waals surface area (Å²) in [5, 5.41) is 1.06. The van der Waals surface area contributed by atoms with Gasteiger partial charge in [0, 0.05) is 11.3 Å². The van der Waals surface area contributed by atoms with Gasteiger partial charge in [0.25, 0.3) is 0 Å². The second-order valence-electron chi connectivity index (χ2n) is 3.94. The molecular weight excluding hydrogens is 246 g/mol. The van der Waals surface area contributed by atoms with Crippen LogP contribution in [0, 0.1) is 0 Å². The summed E-state index contributed by atoms with van der Waals surface area (Å²) < 4.78 is 0. The lowest BCUT2D eigenvalue weighted by atomic mass is 10.2. The topological polar surface area (TPSA) is 30.0 Å². The molecule has 0 amide bonds. The molecular formula is C15H18ClNO. The fourth-order valence-electron chi connectivity index (χ4n) is 1.49. The first kappa shape index (κ1) is 14.7. The van der Waals surface area contributed by atoms with Gasteiger partial charge in [-0.25, -0.2) is 4.98 Å². The van der Waals surface area contributed by atoms with Crippen molar-refractivity contribution in [1.29, 1.82) is 0 Å². The summed E-state index contributed by atoms with van der Waals surface area (Å²) >= 11 is 5.38. The van der Waals surface area contributed by atoms with Crippen LogP contribution in [0.4, 0.5) is 0 Å². The van der Waals surface area contributed by atoms with Crippen molar-refractivity contribution in [2.45, 2.75) is 26.2 Å². The summed E-state index contributed by atoms with van der Waals surface area (Å²) in [4.78, 5) is 14.5. The zero-order valence-electron chi connectivity index (χ0n) is 10.6. The molecule has 96 valence electrons. The van der Waals surface area contributed by atoms with Gasteiger partial charge in [0.2, 0.25) is 0 Å². The van der Waals surface area contributed by atoms with Crippen molar-refractivity contribution in [3.05, 3.63) is 42.1 Å². The Hall–Kier alpha value is -1.41. The van der Waals surface area contributed by atoms with Gasteiger partial charge in [-0.3, -0.25) is 4.79 Å². The molecule has 0 saturated heterocycles. The lowest BCUT2D eigenvalue weighted by Gasteiger charge is -1.95. The highest BCUT2D eigenvalue weighted by atomic mass is 35.5. The normalized spacial score (nSPS) is 9.67. The van der Waals surface area contributed by atoms with Crippen LogP contribution in [-0.2, 0) is 0 Å². The highest BCUT2D eigenvalue weighted by molar-refractivity contribution is 6.17. The Balaban J connectivity index is 0.000000232. The molecule has 1 aromatic heterocycles. The molecule has 0 aliphatic carbocycles. The Kier molecular flexibility index (Phi) is 7.04. The quantitative estimate of drug-likeness (QED) is 0.463. The van der Waals surface area contributed by atoms with Crippen LogP contribution in [0.25, 0.3) is 10.9 Å². The fourth-order valence-corrected chi connectivity index (χ4v) is 1.68. The molecule has 0 spiro atoms. The van der Waals surface area contributed by atoms with Crippen LogP contribution in [0.3, 0.4) is 0 Å². The third-order valence-corrected chi connectivity index (χ3v) is 2.75. The largest absolute Gasteiger partial charge is 0.296 e. The molecule has 2 nitrogen and oxygen atoms in total. The molecule has 0 atom stereocenters. The number of benzene rings is 1. The number of hydrogen-bond acceptors (Lipinski definition) is 2. The van der Waals surface area contributed by atoms with Gasteiger partial charge < -0.3 is 0 Å². The maximum absolute atomic E-state index is 10.4. The number of carbonyl (C=O) groups is 1. The smallest absolute Gasteiger partial charge is 0.168 e. The van der Waals surface area contributed by atoms with Crippen molar-refractivity contribution in [2.75, 3.05) is 5.88 Å². The Morgan fingerprint density at radius 2 is 1.94 bits per heavy atom. The van der Waals surface area contributed by atoms with E-state index in [9.17, 15) is 4.79 Å². The predicted octanol–water partition coefficient (Wildman–Crippen LogP) is 4.46. The van der Waals surface area contributed by atoms with Gasteiger partial charge in [0.15, 0.2) is 6.29 Å². The molecule has 0 aliphatic heterocycles. The van der Waals surface area contributed by atoms with Gasteiger partial charge in [-0.1, -0.05) is 44.0 Å². The van der Waals surface area contributed by atoms with Crippen LogP contribution in [-0.4, -0.2) is 17.2 Å². The van der Waals surface area contributed by atoms with E-state index in [1.807, 2.05) is 30.3 Å². The molecule has 0 saturated carbocycles. The third-order valence-electron chi connectivity index (χ3n) is 2.48. The number of para-hydroxylation sites is 1. The molecule has 2 rings (SSSR count). The van der Waals surface area contributed by atoms with Gasteiger partial charge in [-0.15, -0.1) is 11.6 Å². The maximum Gasteiger partial charge on any atom is 0.168 e. The molecule has 0 fully saturated rings. The van der Waals surface area contributed by atoms with Crippen LogP contribution in [0.15, 0.2) is 36.4 Å². The summed E-state index contributed by atoms with van der Waals surface area (Å²) in [5.74, 6) is 0.827. The number of rotatable bonds is 4. The average Bonchev–Trinajstić information content (AvgIpc) is 2.45. The number of pyridine rings is 1. The Morgan fingerprint density at radius 3 is 2.56 bits per heavy atom. The molecule has 0 aliphatic rings. The summed E-state index contributed by atoms with van der Waals surface area (Å²) in [6, 6.07) is 11.3. The number of alkyl halides is 1. The number of nitrogens with zero attached hydrogens (tertiary/aromatic N) is 1. The number of carbonyl (C=O) groups excluding carboxylic acids is 1. The zero-order chi connectivity index (χ0) is 13.2. The molecule has 0 radical (unpaired) electrons. The average molecular weight is 264 g/mol. The number of halogens is 1. The van der Waals surface area contributed by atoms with E-state index < -0.39 is 0 Å². The fraction of sp³-hybridized carbons (Fsp3) is 0.333. The van der Waals surface area contributed by atoms with Crippen molar-refractivity contribution in [1.82, 2.24) is 4.98 Å². The number of unbranched alkanes of at least 4 members (excludes halogenated alkanes) is 2. The summed E-state index contributed by atoms with van der Waals surface area (Å²) in [6.07, 6.45) is 4.49. The first-order valence-electron chi connectivity index (χ1n) is 6.18. The van der Waals surface area contributed by atoms with E-state index in [0.29, 0.717) is 5.69 Å². The van der Waals surface area contributed by atoms with Crippen LogP contribution in [0.1, 0.15) is 36.7 Å². The van der Waals surface area contributed by atoms with E-state index in [2.05, 4.69) is 11.9 Å². The second kappa shape index (κ2) is 8.65. The molecule has 0 bridgehead atoms. The highest BCUT2D eigenvalue weighted by Gasteiger charge is 1.94. The van der Waals surface area contributed by atoms with Gasteiger partial charge in [0.05, 0.1) is 5.52 Å². The van der Waals surface area contributed by atoms with Gasteiger partial charge >= 0.3 is 0 Å². The van der Waals surface area contributed by atoms with Crippen molar-refractivity contribution >= 4 is 28.8 Å². The molecule has 18 heavy (non-hydrogen) atoms. The Morgan fingerprint density at radius 1 is 1.17 bits per heavy atom. The lowest BCUT2D eigenvalue weighted by Crippen LogP contribution is -1.85. The molecule has 0 N–H and O–H groups in total. The second-order valence-corrected chi connectivity index (χ2v) is 4.32. The van der Waals surface area contributed by atoms with E-state index in [0.717, 1.165) is 23.1 Å². The molecule has 2 aromatic rings. The van der Waals surface area contributed by atoms with E-state index in [1.165, 1.54) is 19.3 Å². The number of aldehydes is 1. The SMILES string of the molecule is CCCCCCl.O=Cc1ccc2ccccc2n1. The summed E-state index contributed by atoms with van der Waals surface area (Å²) in [6.45, 7) is 2.17. The van der Waals surface area contributed by atoms with Gasteiger partial charge in [-0.2, -0.15) is 0 Å². The standard InChI is InChI=1S/C10H7NO.C5H11Cl/c12-7-9-6-5-8-3-1-2-4-10(8)11-9;1-2-3-4-5-6/h1-7H;2-5H2,1H3. The number of aromatic nitrogens is 1. The van der Waals surface area contributed by atoms with Crippen LogP contribution < -0.4 is 0 Å².